The standard InChI is InChI=1S/C20H17ClFN3O2/c1-11-3-4-12(2)15(7-11)19-23-20(27-24-19)13-8-18(26)25(10-13)14-5-6-17(22)16(21)9-14/h3-7,9,13H,8,10H2,1-2H3. The summed E-state index contributed by atoms with van der Waals surface area (Å²) in [6.07, 6.45) is 0.253. The maximum absolute atomic E-state index is 13.4. The van der Waals surface area contributed by atoms with E-state index in [0.717, 1.165) is 16.7 Å². The molecule has 1 aliphatic rings. The molecule has 1 atom stereocenters. The van der Waals surface area contributed by atoms with Crippen molar-refractivity contribution in [3.63, 3.8) is 0 Å². The number of anilines is 1. The summed E-state index contributed by atoms with van der Waals surface area (Å²) in [5, 5.41) is 4.08. The second kappa shape index (κ2) is 6.78. The van der Waals surface area contributed by atoms with Crippen LogP contribution in [-0.4, -0.2) is 22.6 Å². The first-order valence-electron chi connectivity index (χ1n) is 8.59. The topological polar surface area (TPSA) is 59.2 Å². The second-order valence-electron chi connectivity index (χ2n) is 6.78. The van der Waals surface area contributed by atoms with Gasteiger partial charge in [-0.05, 0) is 43.7 Å². The quantitative estimate of drug-likeness (QED) is 0.657. The molecule has 1 unspecified atom stereocenters. The smallest absolute Gasteiger partial charge is 0.232 e. The number of benzene rings is 2. The van der Waals surface area contributed by atoms with Gasteiger partial charge in [-0.15, -0.1) is 0 Å². The molecule has 0 saturated carbocycles. The first-order valence-corrected chi connectivity index (χ1v) is 8.97. The summed E-state index contributed by atoms with van der Waals surface area (Å²) in [5.41, 5.74) is 3.63. The van der Waals surface area contributed by atoms with E-state index in [2.05, 4.69) is 10.1 Å². The lowest BCUT2D eigenvalue weighted by Gasteiger charge is -2.16. The lowest BCUT2D eigenvalue weighted by molar-refractivity contribution is -0.117. The van der Waals surface area contributed by atoms with Crippen molar-refractivity contribution in [2.24, 2.45) is 0 Å². The van der Waals surface area contributed by atoms with Gasteiger partial charge in [0, 0.05) is 24.2 Å². The predicted octanol–water partition coefficient (Wildman–Crippen LogP) is 4.67. The molecule has 1 amide bonds. The molecule has 0 aliphatic carbocycles. The molecule has 7 heteroatoms. The van der Waals surface area contributed by atoms with Crippen molar-refractivity contribution >= 4 is 23.2 Å². The number of nitrogens with zero attached hydrogens (tertiary/aromatic N) is 3. The van der Waals surface area contributed by atoms with Crippen LogP contribution in [0, 0.1) is 19.7 Å². The summed E-state index contributed by atoms with van der Waals surface area (Å²) in [5.74, 6) is 0.123. The third-order valence-corrected chi connectivity index (χ3v) is 5.05. The maximum atomic E-state index is 13.4. The number of halogens is 2. The Morgan fingerprint density at radius 1 is 1.22 bits per heavy atom. The van der Waals surface area contributed by atoms with Gasteiger partial charge in [0.25, 0.3) is 0 Å². The van der Waals surface area contributed by atoms with Crippen molar-refractivity contribution in [3.05, 3.63) is 64.3 Å². The number of carbonyl (C=O) groups is 1. The van der Waals surface area contributed by atoms with Crippen LogP contribution in [0.2, 0.25) is 5.02 Å². The Hall–Kier alpha value is -2.73. The van der Waals surface area contributed by atoms with E-state index in [9.17, 15) is 9.18 Å². The van der Waals surface area contributed by atoms with Gasteiger partial charge in [0.05, 0.1) is 10.9 Å². The Morgan fingerprint density at radius 2 is 2.04 bits per heavy atom. The van der Waals surface area contributed by atoms with Crippen LogP contribution in [0.15, 0.2) is 40.9 Å². The number of rotatable bonds is 3. The molecule has 1 aromatic heterocycles. The zero-order valence-electron chi connectivity index (χ0n) is 14.9. The molecule has 138 valence electrons. The van der Waals surface area contributed by atoms with Crippen LogP contribution < -0.4 is 4.90 Å². The molecule has 2 aromatic carbocycles. The first kappa shape index (κ1) is 17.7. The van der Waals surface area contributed by atoms with Gasteiger partial charge in [0.2, 0.25) is 17.6 Å². The molecule has 0 bridgehead atoms. The van der Waals surface area contributed by atoms with Gasteiger partial charge in [-0.3, -0.25) is 4.79 Å². The third-order valence-electron chi connectivity index (χ3n) is 4.76. The number of amides is 1. The zero-order valence-corrected chi connectivity index (χ0v) is 15.6. The summed E-state index contributed by atoms with van der Waals surface area (Å²) in [6.45, 7) is 4.38. The van der Waals surface area contributed by atoms with Crippen LogP contribution in [0.4, 0.5) is 10.1 Å². The fraction of sp³-hybridized carbons (Fsp3) is 0.250. The molecule has 0 N–H and O–H groups in total. The SMILES string of the molecule is Cc1ccc(C)c(-c2noc(C3CC(=O)N(c4ccc(F)c(Cl)c4)C3)n2)c1. The highest BCUT2D eigenvalue weighted by Crippen LogP contribution is 2.33. The van der Waals surface area contributed by atoms with Gasteiger partial charge >= 0.3 is 0 Å². The minimum absolute atomic E-state index is 0.0150. The van der Waals surface area contributed by atoms with Crippen LogP contribution in [-0.2, 0) is 4.79 Å². The van der Waals surface area contributed by atoms with Crippen molar-refractivity contribution in [2.75, 3.05) is 11.4 Å². The van der Waals surface area contributed by atoms with Gasteiger partial charge in [-0.25, -0.2) is 4.39 Å². The van der Waals surface area contributed by atoms with Crippen molar-refractivity contribution < 1.29 is 13.7 Å². The Morgan fingerprint density at radius 3 is 2.81 bits per heavy atom. The van der Waals surface area contributed by atoms with E-state index >= 15 is 0 Å². The molecule has 1 aliphatic heterocycles. The Labute approximate surface area is 160 Å². The van der Waals surface area contributed by atoms with Crippen LogP contribution in [0.3, 0.4) is 0 Å². The molecule has 1 saturated heterocycles. The molecule has 0 spiro atoms. The normalized spacial score (nSPS) is 17.0. The number of hydrogen-bond donors (Lipinski definition) is 0. The van der Waals surface area contributed by atoms with Crippen molar-refractivity contribution in [1.82, 2.24) is 10.1 Å². The van der Waals surface area contributed by atoms with Crippen molar-refractivity contribution in [3.8, 4) is 11.4 Å². The monoisotopic (exact) mass is 385 g/mol. The lowest BCUT2D eigenvalue weighted by Crippen LogP contribution is -2.24. The van der Waals surface area contributed by atoms with E-state index in [1.165, 1.54) is 18.2 Å². The van der Waals surface area contributed by atoms with Crippen LogP contribution in [0.5, 0.6) is 0 Å². The van der Waals surface area contributed by atoms with Crippen molar-refractivity contribution in [2.45, 2.75) is 26.2 Å². The van der Waals surface area contributed by atoms with Gasteiger partial charge in [-0.2, -0.15) is 4.98 Å². The van der Waals surface area contributed by atoms with E-state index < -0.39 is 5.82 Å². The molecule has 0 radical (unpaired) electrons. The Kier molecular flexibility index (Phi) is 4.44. The van der Waals surface area contributed by atoms with E-state index in [0.29, 0.717) is 23.9 Å². The van der Waals surface area contributed by atoms with Crippen molar-refractivity contribution in [1.29, 1.82) is 0 Å². The van der Waals surface area contributed by atoms with Gasteiger partial charge < -0.3 is 9.42 Å². The fourth-order valence-corrected chi connectivity index (χ4v) is 3.44. The zero-order chi connectivity index (χ0) is 19.1. The van der Waals surface area contributed by atoms with Gasteiger partial charge in [-0.1, -0.05) is 34.5 Å². The van der Waals surface area contributed by atoms with Crippen LogP contribution in [0.1, 0.15) is 29.4 Å². The average Bonchev–Trinajstić information content (AvgIpc) is 3.26. The van der Waals surface area contributed by atoms with E-state index in [-0.39, 0.29) is 23.3 Å². The highest BCUT2D eigenvalue weighted by Gasteiger charge is 2.35. The largest absolute Gasteiger partial charge is 0.339 e. The fourth-order valence-electron chi connectivity index (χ4n) is 3.26. The molecule has 3 aromatic rings. The summed E-state index contributed by atoms with van der Waals surface area (Å²) in [7, 11) is 0. The molecule has 4 rings (SSSR count). The first-order chi connectivity index (χ1) is 12.9. The summed E-state index contributed by atoms with van der Waals surface area (Å²) in [6, 6.07) is 10.3. The third kappa shape index (κ3) is 3.32. The molecular formula is C20H17ClFN3O2. The van der Waals surface area contributed by atoms with Crippen LogP contribution in [0.25, 0.3) is 11.4 Å². The maximum Gasteiger partial charge on any atom is 0.232 e. The minimum atomic E-state index is -0.515. The highest BCUT2D eigenvalue weighted by atomic mass is 35.5. The molecule has 1 fully saturated rings. The predicted molar refractivity (Wildman–Crippen MR) is 100 cm³/mol. The summed E-state index contributed by atoms with van der Waals surface area (Å²) in [4.78, 5) is 18.5. The Balaban J connectivity index is 1.58. The second-order valence-corrected chi connectivity index (χ2v) is 7.19. The number of aryl methyl sites for hydroxylation is 2. The highest BCUT2D eigenvalue weighted by molar-refractivity contribution is 6.31. The molecular weight excluding hydrogens is 369 g/mol. The number of carbonyl (C=O) groups excluding carboxylic acids is 1. The Bertz CT molecular complexity index is 1030. The van der Waals surface area contributed by atoms with Gasteiger partial charge in [0.15, 0.2) is 0 Å². The minimum Gasteiger partial charge on any atom is -0.339 e. The molecule has 2 heterocycles. The summed E-state index contributed by atoms with van der Waals surface area (Å²) >= 11 is 5.84. The average molecular weight is 386 g/mol. The lowest BCUT2D eigenvalue weighted by atomic mass is 10.1. The van der Waals surface area contributed by atoms with Crippen LogP contribution >= 0.6 is 11.6 Å². The summed E-state index contributed by atoms with van der Waals surface area (Å²) < 4.78 is 18.8. The number of aromatic nitrogens is 2. The van der Waals surface area contributed by atoms with E-state index in [4.69, 9.17) is 16.1 Å². The molecule has 5 nitrogen and oxygen atoms in total. The van der Waals surface area contributed by atoms with E-state index in [1.54, 1.807) is 4.90 Å². The number of hydrogen-bond acceptors (Lipinski definition) is 4. The molecule has 27 heavy (non-hydrogen) atoms. The van der Waals surface area contributed by atoms with Gasteiger partial charge in [0.1, 0.15) is 5.82 Å². The van der Waals surface area contributed by atoms with E-state index in [1.807, 2.05) is 32.0 Å².